The molecule has 7 nitrogen and oxygen atoms in total. The number of pyridine rings is 1. The molecule has 29 heavy (non-hydrogen) atoms. The van der Waals surface area contributed by atoms with Crippen LogP contribution in [0.5, 0.6) is 0 Å². The average molecular weight is 391 g/mol. The summed E-state index contributed by atoms with van der Waals surface area (Å²) in [7, 11) is 0. The average Bonchev–Trinajstić information content (AvgIpc) is 3.44. The fraction of sp³-hybridized carbons (Fsp3) is 0.409. The third-order valence-corrected chi connectivity index (χ3v) is 6.07. The number of carbonyl (C=O) groups excluding carboxylic acids is 1. The summed E-state index contributed by atoms with van der Waals surface area (Å²) in [5.74, 6) is 1.27. The van der Waals surface area contributed by atoms with Gasteiger partial charge in [-0.3, -0.25) is 14.5 Å². The summed E-state index contributed by atoms with van der Waals surface area (Å²) in [5, 5.41) is 4.82. The van der Waals surface area contributed by atoms with Crippen molar-refractivity contribution in [1.29, 1.82) is 0 Å². The summed E-state index contributed by atoms with van der Waals surface area (Å²) in [6.07, 6.45) is 7.49. The molecule has 0 radical (unpaired) electrons. The standard InChI is InChI=1S/C22H25N5O2/c1-14-19-18(29-21(14)22(28)27-10-4-6-17(27)11-23)8-7-15-12-26(25-20(15)19)13-16-5-2-3-9-24-16/h2-3,5,9,12,17H,4,6-8,10-11,13,23H2,1H3. The Bertz CT molecular complexity index is 1050. The Morgan fingerprint density at radius 2 is 2.24 bits per heavy atom. The first-order valence-electron chi connectivity index (χ1n) is 10.3. The van der Waals surface area contributed by atoms with E-state index in [1.807, 2.05) is 34.7 Å². The van der Waals surface area contributed by atoms with Crippen LogP contribution in [0.1, 0.15) is 46.0 Å². The highest BCUT2D eigenvalue weighted by Gasteiger charge is 2.35. The summed E-state index contributed by atoms with van der Waals surface area (Å²) in [6.45, 7) is 3.83. The summed E-state index contributed by atoms with van der Waals surface area (Å²) in [6, 6.07) is 6.00. The third-order valence-electron chi connectivity index (χ3n) is 6.07. The highest BCUT2D eigenvalue weighted by Crippen LogP contribution is 2.39. The fourth-order valence-electron chi connectivity index (χ4n) is 4.58. The van der Waals surface area contributed by atoms with Crippen molar-refractivity contribution in [3.63, 3.8) is 0 Å². The van der Waals surface area contributed by atoms with Crippen LogP contribution in [-0.2, 0) is 19.4 Å². The molecule has 150 valence electrons. The van der Waals surface area contributed by atoms with Crippen molar-refractivity contribution in [2.75, 3.05) is 13.1 Å². The molecule has 1 atom stereocenters. The lowest BCUT2D eigenvalue weighted by molar-refractivity contribution is 0.0706. The SMILES string of the molecule is Cc1c(C(=O)N2CCCC2CN)oc2c1-c1nn(Cc3ccccn3)cc1CC2. The van der Waals surface area contributed by atoms with E-state index in [-0.39, 0.29) is 11.9 Å². The van der Waals surface area contributed by atoms with E-state index in [9.17, 15) is 4.79 Å². The number of aromatic nitrogens is 3. The maximum Gasteiger partial charge on any atom is 0.290 e. The van der Waals surface area contributed by atoms with Gasteiger partial charge >= 0.3 is 0 Å². The Hall–Kier alpha value is -2.93. The van der Waals surface area contributed by atoms with E-state index in [1.54, 1.807) is 6.20 Å². The molecule has 1 unspecified atom stereocenters. The number of amides is 1. The zero-order chi connectivity index (χ0) is 20.0. The van der Waals surface area contributed by atoms with E-state index in [0.29, 0.717) is 18.8 Å². The first-order valence-corrected chi connectivity index (χ1v) is 10.3. The zero-order valence-corrected chi connectivity index (χ0v) is 16.6. The minimum Gasteiger partial charge on any atom is -0.455 e. The molecule has 1 fully saturated rings. The molecule has 7 heteroatoms. The lowest BCUT2D eigenvalue weighted by atomic mass is 9.93. The molecule has 0 aromatic carbocycles. The second kappa shape index (κ2) is 7.15. The van der Waals surface area contributed by atoms with Gasteiger partial charge in [-0.05, 0) is 43.9 Å². The van der Waals surface area contributed by atoms with Crippen molar-refractivity contribution in [1.82, 2.24) is 19.7 Å². The van der Waals surface area contributed by atoms with Gasteiger partial charge in [0.2, 0.25) is 0 Å². The number of likely N-dealkylation sites (tertiary alicyclic amines) is 1. The van der Waals surface area contributed by atoms with Gasteiger partial charge in [0.15, 0.2) is 5.76 Å². The highest BCUT2D eigenvalue weighted by molar-refractivity contribution is 5.96. The van der Waals surface area contributed by atoms with Gasteiger partial charge in [-0.1, -0.05) is 6.07 Å². The van der Waals surface area contributed by atoms with Crippen LogP contribution in [0.4, 0.5) is 0 Å². The van der Waals surface area contributed by atoms with Crippen molar-refractivity contribution in [2.45, 2.75) is 45.2 Å². The lowest BCUT2D eigenvalue weighted by Crippen LogP contribution is -2.40. The quantitative estimate of drug-likeness (QED) is 0.738. The molecule has 1 aliphatic heterocycles. The Morgan fingerprint density at radius 3 is 3.03 bits per heavy atom. The number of furan rings is 1. The van der Waals surface area contributed by atoms with Gasteiger partial charge in [-0.2, -0.15) is 5.10 Å². The molecule has 3 aromatic rings. The molecular formula is C22H25N5O2. The van der Waals surface area contributed by atoms with Crippen LogP contribution in [-0.4, -0.2) is 44.7 Å². The van der Waals surface area contributed by atoms with Crippen molar-refractivity contribution in [3.05, 3.63) is 58.9 Å². The molecule has 0 spiro atoms. The van der Waals surface area contributed by atoms with E-state index >= 15 is 0 Å². The fourth-order valence-corrected chi connectivity index (χ4v) is 4.58. The Kier molecular flexibility index (Phi) is 4.47. The maximum absolute atomic E-state index is 13.2. The van der Waals surface area contributed by atoms with Crippen LogP contribution >= 0.6 is 0 Å². The second-order valence-corrected chi connectivity index (χ2v) is 7.91. The second-order valence-electron chi connectivity index (χ2n) is 7.91. The molecule has 1 saturated heterocycles. The summed E-state index contributed by atoms with van der Waals surface area (Å²) in [4.78, 5) is 19.4. The molecule has 1 aliphatic carbocycles. The molecule has 3 aromatic heterocycles. The minimum atomic E-state index is -0.0423. The topological polar surface area (TPSA) is 90.2 Å². The van der Waals surface area contributed by atoms with Crippen LogP contribution in [0, 0.1) is 6.92 Å². The van der Waals surface area contributed by atoms with Gasteiger partial charge in [0.25, 0.3) is 5.91 Å². The number of fused-ring (bicyclic) bond motifs is 3. The molecule has 1 amide bonds. The Labute approximate surface area is 169 Å². The van der Waals surface area contributed by atoms with Gasteiger partial charge in [0.05, 0.1) is 17.9 Å². The lowest BCUT2D eigenvalue weighted by Gasteiger charge is -2.22. The number of carbonyl (C=O) groups is 1. The van der Waals surface area contributed by atoms with Crippen LogP contribution in [0.25, 0.3) is 11.3 Å². The number of hydrogen-bond acceptors (Lipinski definition) is 5. The molecule has 2 aliphatic rings. The van der Waals surface area contributed by atoms with Gasteiger partial charge < -0.3 is 15.1 Å². The predicted molar refractivity (Wildman–Crippen MR) is 109 cm³/mol. The summed E-state index contributed by atoms with van der Waals surface area (Å²) in [5.41, 5.74) is 10.8. The van der Waals surface area contributed by atoms with Crippen molar-refractivity contribution < 1.29 is 9.21 Å². The molecule has 4 heterocycles. The van der Waals surface area contributed by atoms with E-state index in [2.05, 4.69) is 11.2 Å². The van der Waals surface area contributed by atoms with E-state index in [1.165, 1.54) is 5.56 Å². The number of nitrogens with two attached hydrogens (primary N) is 1. The first-order chi connectivity index (χ1) is 14.2. The first kappa shape index (κ1) is 18.1. The predicted octanol–water partition coefficient (Wildman–Crippen LogP) is 2.56. The highest BCUT2D eigenvalue weighted by atomic mass is 16.4. The molecular weight excluding hydrogens is 366 g/mol. The maximum atomic E-state index is 13.2. The van der Waals surface area contributed by atoms with E-state index in [0.717, 1.165) is 60.5 Å². The third kappa shape index (κ3) is 3.06. The number of hydrogen-bond donors (Lipinski definition) is 1. The Balaban J connectivity index is 1.48. The van der Waals surface area contributed by atoms with Gasteiger partial charge in [0.1, 0.15) is 5.76 Å². The van der Waals surface area contributed by atoms with Gasteiger partial charge in [-0.15, -0.1) is 0 Å². The normalized spacial score (nSPS) is 18.0. The van der Waals surface area contributed by atoms with Crippen LogP contribution in [0.3, 0.4) is 0 Å². The van der Waals surface area contributed by atoms with Gasteiger partial charge in [0, 0.05) is 49.1 Å². The zero-order valence-electron chi connectivity index (χ0n) is 16.6. The monoisotopic (exact) mass is 391 g/mol. The molecule has 5 rings (SSSR count). The van der Waals surface area contributed by atoms with Gasteiger partial charge in [-0.25, -0.2) is 0 Å². The van der Waals surface area contributed by atoms with E-state index in [4.69, 9.17) is 15.2 Å². The van der Waals surface area contributed by atoms with E-state index < -0.39 is 0 Å². The van der Waals surface area contributed by atoms with Crippen molar-refractivity contribution in [2.24, 2.45) is 5.73 Å². The van der Waals surface area contributed by atoms with Crippen LogP contribution < -0.4 is 5.73 Å². The number of nitrogens with zero attached hydrogens (tertiary/aromatic N) is 4. The molecule has 0 saturated carbocycles. The van der Waals surface area contributed by atoms with Crippen LogP contribution in [0.15, 0.2) is 35.0 Å². The van der Waals surface area contributed by atoms with Crippen molar-refractivity contribution >= 4 is 5.91 Å². The smallest absolute Gasteiger partial charge is 0.290 e. The largest absolute Gasteiger partial charge is 0.455 e. The molecule has 2 N–H and O–H groups in total. The summed E-state index contributed by atoms with van der Waals surface area (Å²) >= 11 is 0. The minimum absolute atomic E-state index is 0.0423. The molecule has 0 bridgehead atoms. The number of rotatable bonds is 4. The summed E-state index contributed by atoms with van der Waals surface area (Å²) < 4.78 is 8.03. The number of aryl methyl sites for hydroxylation is 2. The Morgan fingerprint density at radius 1 is 1.34 bits per heavy atom. The van der Waals surface area contributed by atoms with Crippen molar-refractivity contribution in [3.8, 4) is 11.3 Å². The van der Waals surface area contributed by atoms with Crippen LogP contribution in [0.2, 0.25) is 0 Å².